The van der Waals surface area contributed by atoms with Crippen molar-refractivity contribution in [1.82, 2.24) is 0 Å². The number of carbonyl (C=O) groups is 1. The Morgan fingerprint density at radius 2 is 2.15 bits per heavy atom. The fraction of sp³-hybridized carbons (Fsp3) is 0.250. The van der Waals surface area contributed by atoms with Gasteiger partial charge in [-0.1, -0.05) is 30.3 Å². The fourth-order valence-corrected chi connectivity index (χ4v) is 4.84. The number of hydrogen-bond donors (Lipinski definition) is 1. The second-order valence-corrected chi connectivity index (χ2v) is 7.64. The number of nitrogens with zero attached hydrogens (tertiary/aromatic N) is 1. The van der Waals surface area contributed by atoms with Crippen molar-refractivity contribution in [3.8, 4) is 5.75 Å². The van der Waals surface area contributed by atoms with E-state index in [0.29, 0.717) is 24.7 Å². The standard InChI is InChI=1S/C20H18ClNO3S/c1-12-11-26-19-16(25-10-13-5-3-2-4-6-13)7-15-18(17(12)19)14(8-21)9-22(15)20(23)24/h2-7,11,14H,8-10H2,1H3,(H,23,24)/t14-/m1/s1. The number of rotatable bonds is 4. The molecule has 0 saturated carbocycles. The first kappa shape index (κ1) is 17.2. The normalized spacial score (nSPS) is 16.1. The van der Waals surface area contributed by atoms with Gasteiger partial charge < -0.3 is 9.84 Å². The van der Waals surface area contributed by atoms with Gasteiger partial charge in [0, 0.05) is 29.8 Å². The number of carboxylic acid groups (broad SMARTS) is 1. The molecule has 0 spiro atoms. The van der Waals surface area contributed by atoms with Crippen molar-refractivity contribution in [2.24, 2.45) is 0 Å². The first-order chi connectivity index (χ1) is 12.6. The molecule has 1 N–H and O–H groups in total. The highest BCUT2D eigenvalue weighted by Crippen LogP contribution is 2.48. The molecule has 134 valence electrons. The summed E-state index contributed by atoms with van der Waals surface area (Å²) in [7, 11) is 0. The van der Waals surface area contributed by atoms with Crippen molar-refractivity contribution in [3.05, 3.63) is 58.5 Å². The highest BCUT2D eigenvalue weighted by atomic mass is 35.5. The number of benzene rings is 2. The van der Waals surface area contributed by atoms with Crippen LogP contribution in [0.15, 0.2) is 41.8 Å². The highest BCUT2D eigenvalue weighted by Gasteiger charge is 2.35. The molecule has 4 rings (SSSR count). The van der Waals surface area contributed by atoms with E-state index in [4.69, 9.17) is 16.3 Å². The Kier molecular flexibility index (Phi) is 4.51. The summed E-state index contributed by atoms with van der Waals surface area (Å²) in [4.78, 5) is 13.1. The van der Waals surface area contributed by atoms with E-state index in [1.165, 1.54) is 4.90 Å². The molecule has 6 heteroatoms. The minimum Gasteiger partial charge on any atom is -0.487 e. The van der Waals surface area contributed by atoms with Gasteiger partial charge in [-0.3, -0.25) is 4.90 Å². The van der Waals surface area contributed by atoms with Crippen LogP contribution in [0.5, 0.6) is 5.75 Å². The van der Waals surface area contributed by atoms with Crippen LogP contribution in [0.4, 0.5) is 10.5 Å². The smallest absolute Gasteiger partial charge is 0.411 e. The number of anilines is 1. The summed E-state index contributed by atoms with van der Waals surface area (Å²) in [6, 6.07) is 11.8. The average Bonchev–Trinajstić information content (AvgIpc) is 3.21. The molecule has 0 fully saturated rings. The Balaban J connectivity index is 1.82. The summed E-state index contributed by atoms with van der Waals surface area (Å²) in [5.74, 6) is 1.12. The number of alkyl halides is 1. The maximum atomic E-state index is 11.7. The quantitative estimate of drug-likeness (QED) is 0.592. The van der Waals surface area contributed by atoms with Crippen molar-refractivity contribution in [2.45, 2.75) is 19.4 Å². The summed E-state index contributed by atoms with van der Waals surface area (Å²) in [5.41, 5.74) is 3.93. The average molecular weight is 388 g/mol. The molecule has 0 radical (unpaired) electrons. The monoisotopic (exact) mass is 387 g/mol. The molecule has 0 saturated heterocycles. The molecule has 1 aliphatic heterocycles. The predicted octanol–water partition coefficient (Wildman–Crippen LogP) is 5.61. The number of amides is 1. The second-order valence-electron chi connectivity index (χ2n) is 6.45. The maximum absolute atomic E-state index is 11.7. The molecule has 2 aromatic carbocycles. The Bertz CT molecular complexity index is 970. The first-order valence-corrected chi connectivity index (χ1v) is 9.79. The van der Waals surface area contributed by atoms with Crippen LogP contribution >= 0.6 is 22.9 Å². The van der Waals surface area contributed by atoms with Crippen molar-refractivity contribution >= 4 is 44.8 Å². The molecular weight excluding hydrogens is 370 g/mol. The number of ether oxygens (including phenoxy) is 1. The largest absolute Gasteiger partial charge is 0.487 e. The summed E-state index contributed by atoms with van der Waals surface area (Å²) < 4.78 is 7.15. The van der Waals surface area contributed by atoms with E-state index in [1.54, 1.807) is 11.3 Å². The Hall–Kier alpha value is -2.24. The summed E-state index contributed by atoms with van der Waals surface area (Å²) in [6.07, 6.45) is -0.958. The van der Waals surface area contributed by atoms with Crippen molar-refractivity contribution in [1.29, 1.82) is 0 Å². The van der Waals surface area contributed by atoms with Gasteiger partial charge in [-0.25, -0.2) is 4.79 Å². The van der Waals surface area contributed by atoms with Gasteiger partial charge in [-0.2, -0.15) is 0 Å². The van der Waals surface area contributed by atoms with Crippen LogP contribution in [0.2, 0.25) is 0 Å². The molecule has 0 unspecified atom stereocenters. The first-order valence-electron chi connectivity index (χ1n) is 8.38. The van der Waals surface area contributed by atoms with Gasteiger partial charge in [0.1, 0.15) is 12.4 Å². The van der Waals surface area contributed by atoms with Crippen LogP contribution in [0.25, 0.3) is 10.1 Å². The third kappa shape index (κ3) is 2.81. The van der Waals surface area contributed by atoms with Crippen molar-refractivity contribution < 1.29 is 14.6 Å². The number of thiophene rings is 1. The lowest BCUT2D eigenvalue weighted by molar-refractivity contribution is 0.202. The molecule has 0 bridgehead atoms. The zero-order valence-corrected chi connectivity index (χ0v) is 15.8. The van der Waals surface area contributed by atoms with Crippen LogP contribution < -0.4 is 9.64 Å². The third-order valence-corrected chi connectivity index (χ3v) is 6.25. The number of halogens is 1. The van der Waals surface area contributed by atoms with E-state index >= 15 is 0 Å². The number of aryl methyl sites for hydroxylation is 1. The Morgan fingerprint density at radius 3 is 2.85 bits per heavy atom. The number of fused-ring (bicyclic) bond motifs is 3. The van der Waals surface area contributed by atoms with Crippen LogP contribution in [-0.2, 0) is 6.61 Å². The van der Waals surface area contributed by atoms with Gasteiger partial charge in [-0.15, -0.1) is 22.9 Å². The van der Waals surface area contributed by atoms with Crippen LogP contribution in [-0.4, -0.2) is 23.6 Å². The van der Waals surface area contributed by atoms with E-state index < -0.39 is 6.09 Å². The van der Waals surface area contributed by atoms with Gasteiger partial charge in [0.15, 0.2) is 0 Å². The molecule has 3 aromatic rings. The van der Waals surface area contributed by atoms with E-state index in [-0.39, 0.29) is 5.92 Å². The summed E-state index contributed by atoms with van der Waals surface area (Å²) in [6.45, 7) is 2.88. The molecule has 4 nitrogen and oxygen atoms in total. The lowest BCUT2D eigenvalue weighted by Gasteiger charge is -2.16. The van der Waals surface area contributed by atoms with Gasteiger partial charge in [0.05, 0.1) is 10.4 Å². The zero-order chi connectivity index (χ0) is 18.3. The zero-order valence-electron chi connectivity index (χ0n) is 14.2. The SMILES string of the molecule is Cc1csc2c(OCc3ccccc3)cc3c(c12)[C@H](CCl)CN3C(=O)O. The van der Waals surface area contributed by atoms with Gasteiger partial charge >= 0.3 is 6.09 Å². The topological polar surface area (TPSA) is 49.8 Å². The molecule has 26 heavy (non-hydrogen) atoms. The molecule has 1 aromatic heterocycles. The van der Waals surface area contributed by atoms with Crippen LogP contribution in [0.1, 0.15) is 22.6 Å². The van der Waals surface area contributed by atoms with Gasteiger partial charge in [0.2, 0.25) is 0 Å². The Labute approximate surface area is 160 Å². The lowest BCUT2D eigenvalue weighted by Crippen LogP contribution is -2.28. The van der Waals surface area contributed by atoms with Crippen LogP contribution in [0.3, 0.4) is 0 Å². The van der Waals surface area contributed by atoms with Crippen molar-refractivity contribution in [2.75, 3.05) is 17.3 Å². The molecule has 0 aliphatic carbocycles. The number of hydrogen-bond acceptors (Lipinski definition) is 3. The second kappa shape index (κ2) is 6.82. The van der Waals surface area contributed by atoms with Gasteiger partial charge in [0.25, 0.3) is 0 Å². The Morgan fingerprint density at radius 1 is 1.38 bits per heavy atom. The third-order valence-electron chi connectivity index (χ3n) is 4.77. The molecule has 1 atom stereocenters. The van der Waals surface area contributed by atoms with Crippen molar-refractivity contribution in [3.63, 3.8) is 0 Å². The molecule has 1 amide bonds. The van der Waals surface area contributed by atoms with E-state index in [2.05, 4.69) is 12.3 Å². The lowest BCUT2D eigenvalue weighted by atomic mass is 9.97. The molecular formula is C20H18ClNO3S. The predicted molar refractivity (Wildman–Crippen MR) is 106 cm³/mol. The van der Waals surface area contributed by atoms with Crippen LogP contribution in [0, 0.1) is 6.92 Å². The maximum Gasteiger partial charge on any atom is 0.411 e. The van der Waals surface area contributed by atoms with E-state index in [0.717, 1.165) is 32.5 Å². The fourth-order valence-electron chi connectivity index (χ4n) is 3.55. The molecule has 2 heterocycles. The van der Waals surface area contributed by atoms with Gasteiger partial charge in [-0.05, 0) is 29.0 Å². The highest BCUT2D eigenvalue weighted by molar-refractivity contribution is 7.17. The summed E-state index contributed by atoms with van der Waals surface area (Å²) in [5, 5.41) is 12.8. The minimum absolute atomic E-state index is 0.00161. The molecule has 1 aliphatic rings. The minimum atomic E-state index is -0.958. The van der Waals surface area contributed by atoms with E-state index in [1.807, 2.05) is 36.4 Å². The van der Waals surface area contributed by atoms with E-state index in [9.17, 15) is 9.90 Å². The summed E-state index contributed by atoms with van der Waals surface area (Å²) >= 11 is 7.79.